The molecule has 1 amide bonds. The summed E-state index contributed by atoms with van der Waals surface area (Å²) in [7, 11) is 1.25. The molecule has 19 heavy (non-hydrogen) atoms. The molecule has 3 N–H and O–H groups in total. The highest BCUT2D eigenvalue weighted by Gasteiger charge is 2.16. The van der Waals surface area contributed by atoms with Crippen molar-refractivity contribution in [3.63, 3.8) is 0 Å². The number of nitrogens with one attached hydrogen (secondary N) is 1. The van der Waals surface area contributed by atoms with Gasteiger partial charge in [-0.05, 0) is 25.1 Å². The smallest absolute Gasteiger partial charge is 0.397 e. The Balaban J connectivity index is 2.83. The lowest BCUT2D eigenvalue weighted by Crippen LogP contribution is -2.25. The summed E-state index contributed by atoms with van der Waals surface area (Å²) >= 11 is 0. The Hall–Kier alpha value is -2.57. The number of benzene rings is 1. The van der Waals surface area contributed by atoms with Gasteiger partial charge in [-0.25, -0.2) is 9.59 Å². The van der Waals surface area contributed by atoms with E-state index in [-0.39, 0.29) is 23.5 Å². The van der Waals surface area contributed by atoms with Crippen LogP contribution < -0.4 is 11.1 Å². The highest BCUT2D eigenvalue weighted by molar-refractivity contribution is 6.37. The summed E-state index contributed by atoms with van der Waals surface area (Å²) < 4.78 is 9.06. The van der Waals surface area contributed by atoms with E-state index in [4.69, 9.17) is 5.73 Å². The molecule has 1 rings (SSSR count). The molecule has 0 aliphatic carbocycles. The van der Waals surface area contributed by atoms with Crippen molar-refractivity contribution in [2.24, 2.45) is 0 Å². The Bertz CT molecular complexity index is 513. The van der Waals surface area contributed by atoms with Gasteiger partial charge in [0.1, 0.15) is 0 Å². The van der Waals surface area contributed by atoms with Crippen LogP contribution in [0.25, 0.3) is 0 Å². The van der Waals surface area contributed by atoms with Crippen LogP contribution in [-0.2, 0) is 19.1 Å². The van der Waals surface area contributed by atoms with Gasteiger partial charge >= 0.3 is 17.8 Å². The first-order chi connectivity index (χ1) is 8.99. The van der Waals surface area contributed by atoms with E-state index in [1.54, 1.807) is 6.92 Å². The summed E-state index contributed by atoms with van der Waals surface area (Å²) in [6, 6.07) is 4.16. The first-order valence-electron chi connectivity index (χ1n) is 5.45. The number of hydrogen-bond donors (Lipinski definition) is 2. The number of esters is 2. The molecule has 0 fully saturated rings. The highest BCUT2D eigenvalue weighted by atomic mass is 16.5. The van der Waals surface area contributed by atoms with Gasteiger partial charge in [0.15, 0.2) is 0 Å². The van der Waals surface area contributed by atoms with Gasteiger partial charge in [0, 0.05) is 0 Å². The van der Waals surface area contributed by atoms with Gasteiger partial charge in [-0.1, -0.05) is 0 Å². The number of nitrogens with two attached hydrogens (primary N) is 1. The molecule has 0 atom stereocenters. The van der Waals surface area contributed by atoms with E-state index in [2.05, 4.69) is 14.8 Å². The van der Waals surface area contributed by atoms with Crippen LogP contribution in [0.4, 0.5) is 11.4 Å². The van der Waals surface area contributed by atoms with Crippen LogP contribution in [0.15, 0.2) is 18.2 Å². The average molecular weight is 266 g/mol. The van der Waals surface area contributed by atoms with E-state index < -0.39 is 17.8 Å². The fraction of sp³-hybridized carbons (Fsp3) is 0.250. The Morgan fingerprint density at radius 3 is 2.53 bits per heavy atom. The molecule has 7 nitrogen and oxygen atoms in total. The van der Waals surface area contributed by atoms with E-state index >= 15 is 0 Å². The molecular weight excluding hydrogens is 252 g/mol. The largest absolute Gasteiger partial charge is 0.465 e. The van der Waals surface area contributed by atoms with Crippen molar-refractivity contribution in [2.45, 2.75) is 6.92 Å². The Labute approximate surface area is 109 Å². The third-order valence-electron chi connectivity index (χ3n) is 2.18. The van der Waals surface area contributed by atoms with Crippen molar-refractivity contribution in [3.8, 4) is 0 Å². The standard InChI is InChI=1S/C12H14N2O5/c1-3-19-12(17)10(15)14-9-5-4-7(6-8(9)13)11(16)18-2/h4-6H,3,13H2,1-2H3,(H,14,15). The average Bonchev–Trinajstić information content (AvgIpc) is 2.40. The maximum Gasteiger partial charge on any atom is 0.397 e. The van der Waals surface area contributed by atoms with Gasteiger partial charge in [-0.2, -0.15) is 0 Å². The summed E-state index contributed by atoms with van der Waals surface area (Å²) in [6.45, 7) is 1.69. The molecule has 0 bridgehead atoms. The third kappa shape index (κ3) is 3.70. The molecule has 0 aromatic heterocycles. The number of rotatable bonds is 3. The lowest BCUT2D eigenvalue weighted by atomic mass is 10.1. The van der Waals surface area contributed by atoms with Gasteiger partial charge in [0.05, 0.1) is 30.7 Å². The molecule has 0 unspecified atom stereocenters. The number of carbonyl (C=O) groups is 3. The lowest BCUT2D eigenvalue weighted by Gasteiger charge is -2.08. The molecule has 0 aliphatic rings. The van der Waals surface area contributed by atoms with Crippen molar-refractivity contribution in [3.05, 3.63) is 23.8 Å². The van der Waals surface area contributed by atoms with Gasteiger partial charge in [-0.3, -0.25) is 4.79 Å². The number of methoxy groups -OCH3 is 1. The zero-order valence-electron chi connectivity index (χ0n) is 10.6. The second-order valence-corrected chi connectivity index (χ2v) is 3.47. The van der Waals surface area contributed by atoms with E-state index in [0.29, 0.717) is 0 Å². The number of ether oxygens (including phenoxy) is 2. The van der Waals surface area contributed by atoms with Crippen LogP contribution in [-0.4, -0.2) is 31.6 Å². The van der Waals surface area contributed by atoms with Crippen molar-refractivity contribution >= 4 is 29.2 Å². The molecule has 1 aromatic carbocycles. The summed E-state index contributed by atoms with van der Waals surface area (Å²) in [5, 5.41) is 2.29. The zero-order chi connectivity index (χ0) is 14.4. The molecule has 0 spiro atoms. The summed E-state index contributed by atoms with van der Waals surface area (Å²) in [5.74, 6) is -2.48. The zero-order valence-corrected chi connectivity index (χ0v) is 10.6. The van der Waals surface area contributed by atoms with E-state index in [9.17, 15) is 14.4 Å². The minimum Gasteiger partial charge on any atom is -0.465 e. The second kappa shape index (κ2) is 6.39. The van der Waals surface area contributed by atoms with Crippen molar-refractivity contribution in [2.75, 3.05) is 24.8 Å². The maximum atomic E-state index is 11.4. The first kappa shape index (κ1) is 14.5. The fourth-order valence-electron chi connectivity index (χ4n) is 1.29. The normalized spacial score (nSPS) is 9.58. The highest BCUT2D eigenvalue weighted by Crippen LogP contribution is 2.20. The van der Waals surface area contributed by atoms with Crippen LogP contribution >= 0.6 is 0 Å². The number of nitrogen functional groups attached to an aromatic ring is 1. The van der Waals surface area contributed by atoms with E-state index in [1.807, 2.05) is 0 Å². The Kier molecular flexibility index (Phi) is 4.87. The molecule has 0 saturated carbocycles. The number of amides is 1. The van der Waals surface area contributed by atoms with Gasteiger partial charge in [0.25, 0.3) is 0 Å². The van der Waals surface area contributed by atoms with Crippen molar-refractivity contribution in [1.82, 2.24) is 0 Å². The predicted octanol–water partition coefficient (Wildman–Crippen LogP) is 0.557. The third-order valence-corrected chi connectivity index (χ3v) is 2.18. The molecule has 0 heterocycles. The van der Waals surface area contributed by atoms with Crippen LogP contribution in [0.3, 0.4) is 0 Å². The van der Waals surface area contributed by atoms with Crippen LogP contribution in [0.1, 0.15) is 17.3 Å². The van der Waals surface area contributed by atoms with Gasteiger partial charge < -0.3 is 20.5 Å². The Morgan fingerprint density at radius 1 is 1.32 bits per heavy atom. The quantitative estimate of drug-likeness (QED) is 0.470. The minimum atomic E-state index is -1.00. The van der Waals surface area contributed by atoms with Crippen molar-refractivity contribution < 1.29 is 23.9 Å². The number of anilines is 2. The van der Waals surface area contributed by atoms with Crippen LogP contribution in [0.2, 0.25) is 0 Å². The lowest BCUT2D eigenvalue weighted by molar-refractivity contribution is -0.152. The molecular formula is C12H14N2O5. The van der Waals surface area contributed by atoms with Crippen LogP contribution in [0.5, 0.6) is 0 Å². The minimum absolute atomic E-state index is 0.100. The predicted molar refractivity (Wildman–Crippen MR) is 67.5 cm³/mol. The topological polar surface area (TPSA) is 108 Å². The first-order valence-corrected chi connectivity index (χ1v) is 5.45. The molecule has 7 heteroatoms. The Morgan fingerprint density at radius 2 is 2.00 bits per heavy atom. The van der Waals surface area contributed by atoms with Gasteiger partial charge in [-0.15, -0.1) is 0 Å². The maximum absolute atomic E-state index is 11.4. The second-order valence-electron chi connectivity index (χ2n) is 3.47. The summed E-state index contributed by atoms with van der Waals surface area (Å²) in [5.41, 5.74) is 6.26. The van der Waals surface area contributed by atoms with E-state index in [0.717, 1.165) is 0 Å². The van der Waals surface area contributed by atoms with Crippen LogP contribution in [0, 0.1) is 0 Å². The molecule has 1 aromatic rings. The number of carbonyl (C=O) groups excluding carboxylic acids is 3. The summed E-state index contributed by atoms with van der Waals surface area (Å²) in [4.78, 5) is 33.8. The SMILES string of the molecule is CCOC(=O)C(=O)Nc1ccc(C(=O)OC)cc1N. The molecule has 0 saturated heterocycles. The summed E-state index contributed by atoms with van der Waals surface area (Å²) in [6.07, 6.45) is 0. The van der Waals surface area contributed by atoms with Crippen molar-refractivity contribution in [1.29, 1.82) is 0 Å². The molecule has 0 aliphatic heterocycles. The van der Waals surface area contributed by atoms with E-state index in [1.165, 1.54) is 25.3 Å². The van der Waals surface area contributed by atoms with Gasteiger partial charge in [0.2, 0.25) is 0 Å². The fourth-order valence-corrected chi connectivity index (χ4v) is 1.29. The monoisotopic (exact) mass is 266 g/mol. The number of hydrogen-bond acceptors (Lipinski definition) is 6. The molecule has 0 radical (unpaired) electrons. The molecule has 102 valence electrons.